The van der Waals surface area contributed by atoms with Crippen molar-refractivity contribution in [1.82, 2.24) is 19.5 Å². The molecule has 2 aromatic heterocycles. The molecule has 120 valence electrons. The molecule has 4 atom stereocenters. The Morgan fingerprint density at radius 1 is 1.41 bits per heavy atom. The lowest BCUT2D eigenvalue weighted by Gasteiger charge is -2.27. The van der Waals surface area contributed by atoms with Crippen LogP contribution in [0.3, 0.4) is 0 Å². The van der Waals surface area contributed by atoms with Gasteiger partial charge >= 0.3 is 0 Å². The third kappa shape index (κ3) is 2.13. The molecule has 22 heavy (non-hydrogen) atoms. The number of hydrogen-bond acceptors (Lipinski definition) is 8. The van der Waals surface area contributed by atoms with E-state index < -0.39 is 30.6 Å². The van der Waals surface area contributed by atoms with E-state index in [2.05, 4.69) is 20.3 Å². The predicted molar refractivity (Wildman–Crippen MR) is 77.1 cm³/mol. The third-order valence-electron chi connectivity index (χ3n) is 3.89. The van der Waals surface area contributed by atoms with E-state index >= 15 is 0 Å². The lowest BCUT2D eigenvalue weighted by molar-refractivity contribution is -0.0950. The monoisotopic (exact) mass is 309 g/mol. The van der Waals surface area contributed by atoms with Crippen LogP contribution in [0, 0.1) is 0 Å². The van der Waals surface area contributed by atoms with Gasteiger partial charge in [0.05, 0.1) is 12.9 Å². The summed E-state index contributed by atoms with van der Waals surface area (Å²) in [6.07, 6.45) is -0.120. The van der Waals surface area contributed by atoms with Crippen LogP contribution >= 0.6 is 0 Å². The van der Waals surface area contributed by atoms with Crippen molar-refractivity contribution in [2.75, 3.05) is 18.5 Å². The fourth-order valence-corrected chi connectivity index (χ4v) is 2.71. The Bertz CT molecular complexity index is 673. The molecule has 1 aliphatic rings. The van der Waals surface area contributed by atoms with Crippen molar-refractivity contribution in [3.05, 3.63) is 12.7 Å². The SMILES string of the molecule is CCNc1ncnc2c1ncn2C1O[C@H](CO)[C@@H](O)[C@@]1(C)O. The fourth-order valence-electron chi connectivity index (χ4n) is 2.71. The van der Waals surface area contributed by atoms with Gasteiger partial charge in [0.25, 0.3) is 0 Å². The van der Waals surface area contributed by atoms with Gasteiger partial charge in [-0.3, -0.25) is 4.57 Å². The molecule has 3 heterocycles. The summed E-state index contributed by atoms with van der Waals surface area (Å²) in [5.41, 5.74) is -0.558. The molecular formula is C13H19N5O4. The molecule has 1 fully saturated rings. The molecule has 4 N–H and O–H groups in total. The second-order valence-electron chi connectivity index (χ2n) is 5.46. The summed E-state index contributed by atoms with van der Waals surface area (Å²) in [6.45, 7) is 3.69. The molecule has 1 unspecified atom stereocenters. The summed E-state index contributed by atoms with van der Waals surface area (Å²) in [5.74, 6) is 0.586. The first kappa shape index (κ1) is 15.1. The van der Waals surface area contributed by atoms with Gasteiger partial charge < -0.3 is 25.4 Å². The van der Waals surface area contributed by atoms with Gasteiger partial charge in [0.15, 0.2) is 23.2 Å². The molecule has 0 amide bonds. The average Bonchev–Trinajstić information content (AvgIpc) is 3.01. The maximum absolute atomic E-state index is 10.5. The first-order valence-corrected chi connectivity index (χ1v) is 7.08. The molecule has 2 aromatic rings. The van der Waals surface area contributed by atoms with Crippen LogP contribution in [0.2, 0.25) is 0 Å². The van der Waals surface area contributed by atoms with E-state index in [0.29, 0.717) is 23.5 Å². The third-order valence-corrected chi connectivity index (χ3v) is 3.89. The number of nitrogens with zero attached hydrogens (tertiary/aromatic N) is 4. The molecule has 9 nitrogen and oxygen atoms in total. The highest BCUT2D eigenvalue weighted by atomic mass is 16.6. The maximum atomic E-state index is 10.5. The zero-order valence-corrected chi connectivity index (χ0v) is 12.3. The van der Waals surface area contributed by atoms with Crippen LogP contribution in [0.5, 0.6) is 0 Å². The highest BCUT2D eigenvalue weighted by Crippen LogP contribution is 2.39. The number of anilines is 1. The van der Waals surface area contributed by atoms with Crippen LogP contribution in [-0.2, 0) is 4.74 Å². The molecule has 0 saturated carbocycles. The Morgan fingerprint density at radius 2 is 2.18 bits per heavy atom. The second-order valence-corrected chi connectivity index (χ2v) is 5.46. The Morgan fingerprint density at radius 3 is 2.82 bits per heavy atom. The Kier molecular flexibility index (Phi) is 3.73. The molecular weight excluding hydrogens is 290 g/mol. The number of nitrogens with one attached hydrogen (secondary N) is 1. The van der Waals surface area contributed by atoms with Gasteiger partial charge in [0.1, 0.15) is 24.1 Å². The van der Waals surface area contributed by atoms with Crippen molar-refractivity contribution < 1.29 is 20.1 Å². The topological polar surface area (TPSA) is 126 Å². The van der Waals surface area contributed by atoms with Gasteiger partial charge in [0, 0.05) is 6.54 Å². The van der Waals surface area contributed by atoms with Gasteiger partial charge in [-0.1, -0.05) is 0 Å². The van der Waals surface area contributed by atoms with Crippen molar-refractivity contribution in [3.8, 4) is 0 Å². The summed E-state index contributed by atoms with van der Waals surface area (Å²) >= 11 is 0. The minimum atomic E-state index is -1.58. The lowest BCUT2D eigenvalue weighted by atomic mass is 9.96. The summed E-state index contributed by atoms with van der Waals surface area (Å²) in [6, 6.07) is 0. The summed E-state index contributed by atoms with van der Waals surface area (Å²) < 4.78 is 7.12. The van der Waals surface area contributed by atoms with Gasteiger partial charge in [-0.05, 0) is 13.8 Å². The molecule has 0 spiro atoms. The Balaban J connectivity index is 2.06. The van der Waals surface area contributed by atoms with E-state index in [9.17, 15) is 15.3 Å². The van der Waals surface area contributed by atoms with Crippen molar-refractivity contribution in [2.24, 2.45) is 0 Å². The van der Waals surface area contributed by atoms with Crippen molar-refractivity contribution in [2.45, 2.75) is 37.9 Å². The van der Waals surface area contributed by atoms with Crippen LogP contribution < -0.4 is 5.32 Å². The minimum absolute atomic E-state index is 0.391. The Labute approximate surface area is 126 Å². The average molecular weight is 309 g/mol. The highest BCUT2D eigenvalue weighted by Gasteiger charge is 2.53. The van der Waals surface area contributed by atoms with Crippen molar-refractivity contribution >= 4 is 17.0 Å². The number of fused-ring (bicyclic) bond motifs is 1. The van der Waals surface area contributed by atoms with Gasteiger partial charge in [-0.2, -0.15) is 0 Å². The number of hydrogen-bond donors (Lipinski definition) is 4. The first-order valence-electron chi connectivity index (χ1n) is 7.08. The maximum Gasteiger partial charge on any atom is 0.168 e. The number of aromatic nitrogens is 4. The predicted octanol–water partition coefficient (Wildman–Crippen LogP) is -0.740. The van der Waals surface area contributed by atoms with E-state index in [-0.39, 0.29) is 0 Å². The first-order chi connectivity index (χ1) is 10.5. The zero-order valence-electron chi connectivity index (χ0n) is 12.3. The number of aliphatic hydroxyl groups excluding tert-OH is 2. The smallest absolute Gasteiger partial charge is 0.168 e. The van der Waals surface area contributed by atoms with Gasteiger partial charge in [-0.15, -0.1) is 0 Å². The summed E-state index contributed by atoms with van der Waals surface area (Å²) in [7, 11) is 0. The largest absolute Gasteiger partial charge is 0.394 e. The summed E-state index contributed by atoms with van der Waals surface area (Å²) in [4.78, 5) is 12.6. The van der Waals surface area contributed by atoms with Crippen LogP contribution in [0.1, 0.15) is 20.1 Å². The molecule has 0 aliphatic carbocycles. The van der Waals surface area contributed by atoms with Crippen LogP contribution in [0.4, 0.5) is 5.82 Å². The highest BCUT2D eigenvalue weighted by molar-refractivity contribution is 5.82. The number of rotatable bonds is 4. The van der Waals surface area contributed by atoms with Crippen molar-refractivity contribution in [1.29, 1.82) is 0 Å². The summed E-state index contributed by atoms with van der Waals surface area (Å²) in [5, 5.41) is 33.0. The van der Waals surface area contributed by atoms with E-state index in [1.165, 1.54) is 24.1 Å². The van der Waals surface area contributed by atoms with E-state index in [1.807, 2.05) is 6.92 Å². The number of aliphatic hydroxyl groups is 3. The van der Waals surface area contributed by atoms with Crippen LogP contribution in [0.25, 0.3) is 11.2 Å². The lowest BCUT2D eigenvalue weighted by Crippen LogP contribution is -2.44. The molecule has 1 aliphatic heterocycles. The molecule has 9 heteroatoms. The quantitative estimate of drug-likeness (QED) is 0.582. The molecule has 0 bridgehead atoms. The van der Waals surface area contributed by atoms with Gasteiger partial charge in [-0.25, -0.2) is 15.0 Å². The fraction of sp³-hybridized carbons (Fsp3) is 0.615. The minimum Gasteiger partial charge on any atom is -0.394 e. The normalized spacial score (nSPS) is 31.8. The number of imidazole rings is 1. The Hall–Kier alpha value is -1.81. The molecule has 0 radical (unpaired) electrons. The van der Waals surface area contributed by atoms with E-state index in [1.54, 1.807) is 0 Å². The standard InChI is InChI=1S/C13H19N5O4/c1-3-14-10-8-11(16-5-15-10)18(6-17-8)12-13(2,21)9(20)7(4-19)22-12/h5-7,9,12,19-21H,3-4H2,1-2H3,(H,14,15,16)/t7-,9-,12?,13-/m1/s1. The van der Waals surface area contributed by atoms with Crippen LogP contribution in [0.15, 0.2) is 12.7 Å². The molecule has 3 rings (SSSR count). The van der Waals surface area contributed by atoms with Crippen LogP contribution in [-0.4, -0.2) is 65.8 Å². The molecule has 1 saturated heterocycles. The van der Waals surface area contributed by atoms with E-state index in [4.69, 9.17) is 4.74 Å². The number of ether oxygens (including phenoxy) is 1. The van der Waals surface area contributed by atoms with Gasteiger partial charge in [0.2, 0.25) is 0 Å². The molecule has 0 aromatic carbocycles. The zero-order chi connectivity index (χ0) is 15.9. The van der Waals surface area contributed by atoms with E-state index in [0.717, 1.165) is 0 Å². The second kappa shape index (κ2) is 5.43. The van der Waals surface area contributed by atoms with Crippen molar-refractivity contribution in [3.63, 3.8) is 0 Å².